The minimum absolute atomic E-state index is 0.0216. The molecule has 3 aromatic rings. The average molecular weight is 354 g/mol. The molecule has 4 rings (SSSR count). The molecule has 2 aromatic heterocycles. The van der Waals surface area contributed by atoms with Gasteiger partial charge in [0.15, 0.2) is 5.65 Å². The number of rotatable bonds is 4. The molecule has 0 radical (unpaired) electrons. The van der Waals surface area contributed by atoms with E-state index < -0.39 is 0 Å². The first-order valence-electron chi connectivity index (χ1n) is 8.06. The lowest BCUT2D eigenvalue weighted by molar-refractivity contribution is 0.0759. The standard InChI is InChI=1S/C18H18N4O2S/c1-24-11-13-2-4-14(5-3-13)18-21(8-9-25-18)17(23)15-6-7-16-19-12-20-22(16)10-15/h2-7,10,12,18H,8-9,11H2,1H3. The fourth-order valence-corrected chi connectivity index (χ4v) is 4.26. The van der Waals surface area contributed by atoms with Crippen LogP contribution in [0.25, 0.3) is 5.65 Å². The Morgan fingerprint density at radius 3 is 2.92 bits per heavy atom. The van der Waals surface area contributed by atoms with E-state index >= 15 is 0 Å². The molecule has 1 unspecified atom stereocenters. The third-order valence-corrected chi connectivity index (χ3v) is 5.51. The number of thioether (sulfide) groups is 1. The van der Waals surface area contributed by atoms with Gasteiger partial charge in [0.05, 0.1) is 12.2 Å². The molecule has 128 valence electrons. The molecule has 1 aromatic carbocycles. The Balaban J connectivity index is 1.58. The van der Waals surface area contributed by atoms with Crippen LogP contribution >= 0.6 is 11.8 Å². The molecule has 0 saturated carbocycles. The molecule has 3 heterocycles. The minimum atomic E-state index is 0.0216. The Morgan fingerprint density at radius 1 is 1.28 bits per heavy atom. The summed E-state index contributed by atoms with van der Waals surface area (Å²) in [5, 5.41) is 4.15. The molecule has 1 saturated heterocycles. The van der Waals surface area contributed by atoms with Gasteiger partial charge in [-0.25, -0.2) is 9.50 Å². The maximum absolute atomic E-state index is 13.0. The summed E-state index contributed by atoms with van der Waals surface area (Å²) < 4.78 is 6.79. The highest BCUT2D eigenvalue weighted by atomic mass is 32.2. The highest BCUT2D eigenvalue weighted by Gasteiger charge is 2.31. The topological polar surface area (TPSA) is 59.7 Å². The van der Waals surface area contributed by atoms with Crippen molar-refractivity contribution in [2.75, 3.05) is 19.4 Å². The molecule has 1 aliphatic rings. The number of benzene rings is 1. The molecule has 1 fully saturated rings. The van der Waals surface area contributed by atoms with Crippen LogP contribution in [-0.4, -0.2) is 44.8 Å². The van der Waals surface area contributed by atoms with E-state index in [-0.39, 0.29) is 11.3 Å². The van der Waals surface area contributed by atoms with E-state index in [0.29, 0.717) is 12.2 Å². The molecule has 6 nitrogen and oxygen atoms in total. The molecule has 1 atom stereocenters. The van der Waals surface area contributed by atoms with Gasteiger partial charge in [-0.15, -0.1) is 11.8 Å². The Kier molecular flexibility index (Phi) is 4.42. The second-order valence-corrected chi connectivity index (χ2v) is 7.06. The molecule has 1 aliphatic heterocycles. The predicted molar refractivity (Wildman–Crippen MR) is 96.4 cm³/mol. The van der Waals surface area contributed by atoms with Gasteiger partial charge in [-0.1, -0.05) is 24.3 Å². The lowest BCUT2D eigenvalue weighted by Crippen LogP contribution is -2.30. The molecule has 0 aliphatic carbocycles. The first-order valence-corrected chi connectivity index (χ1v) is 9.11. The summed E-state index contributed by atoms with van der Waals surface area (Å²) in [6.45, 7) is 1.34. The summed E-state index contributed by atoms with van der Waals surface area (Å²) in [6.07, 6.45) is 3.23. The fourth-order valence-electron chi connectivity index (χ4n) is 3.01. The van der Waals surface area contributed by atoms with Gasteiger partial charge in [-0.05, 0) is 23.3 Å². The molecule has 0 spiro atoms. The molecule has 0 N–H and O–H groups in total. The molecule has 25 heavy (non-hydrogen) atoms. The maximum atomic E-state index is 13.0. The largest absolute Gasteiger partial charge is 0.380 e. The number of aromatic nitrogens is 3. The van der Waals surface area contributed by atoms with Crippen molar-refractivity contribution < 1.29 is 9.53 Å². The zero-order valence-corrected chi connectivity index (χ0v) is 14.6. The minimum Gasteiger partial charge on any atom is -0.380 e. The van der Waals surface area contributed by atoms with Crippen LogP contribution in [0.2, 0.25) is 0 Å². The number of hydrogen-bond donors (Lipinski definition) is 0. The number of nitrogens with zero attached hydrogens (tertiary/aromatic N) is 4. The zero-order valence-electron chi connectivity index (χ0n) is 13.8. The number of carbonyl (C=O) groups excluding carboxylic acids is 1. The van der Waals surface area contributed by atoms with Crippen LogP contribution in [-0.2, 0) is 11.3 Å². The number of fused-ring (bicyclic) bond motifs is 1. The van der Waals surface area contributed by atoms with E-state index in [2.05, 4.69) is 34.3 Å². The van der Waals surface area contributed by atoms with Crippen molar-refractivity contribution in [1.29, 1.82) is 0 Å². The average Bonchev–Trinajstić information content (AvgIpc) is 3.30. The summed E-state index contributed by atoms with van der Waals surface area (Å²) in [4.78, 5) is 19.0. The zero-order chi connectivity index (χ0) is 17.2. The Hall–Kier alpha value is -2.38. The van der Waals surface area contributed by atoms with Gasteiger partial charge < -0.3 is 9.64 Å². The van der Waals surface area contributed by atoms with E-state index in [1.54, 1.807) is 29.6 Å². The van der Waals surface area contributed by atoms with Gasteiger partial charge in [0.25, 0.3) is 5.91 Å². The lowest BCUT2D eigenvalue weighted by Gasteiger charge is -2.24. The molecule has 7 heteroatoms. The van der Waals surface area contributed by atoms with E-state index in [1.807, 2.05) is 17.0 Å². The third-order valence-electron chi connectivity index (χ3n) is 4.25. The Labute approximate surface area is 149 Å². The van der Waals surface area contributed by atoms with Crippen LogP contribution in [0, 0.1) is 0 Å². The number of amides is 1. The number of pyridine rings is 1. The van der Waals surface area contributed by atoms with Crippen molar-refractivity contribution in [2.45, 2.75) is 12.0 Å². The Bertz CT molecular complexity index is 893. The van der Waals surface area contributed by atoms with Gasteiger partial charge >= 0.3 is 0 Å². The molecular weight excluding hydrogens is 336 g/mol. The number of carbonyl (C=O) groups is 1. The van der Waals surface area contributed by atoms with Gasteiger partial charge in [0, 0.05) is 25.6 Å². The van der Waals surface area contributed by atoms with Crippen LogP contribution in [0.15, 0.2) is 48.9 Å². The normalized spacial score (nSPS) is 17.3. The van der Waals surface area contributed by atoms with E-state index in [4.69, 9.17) is 4.74 Å². The smallest absolute Gasteiger partial charge is 0.256 e. The van der Waals surface area contributed by atoms with E-state index in [0.717, 1.165) is 29.1 Å². The quantitative estimate of drug-likeness (QED) is 0.721. The van der Waals surface area contributed by atoms with Gasteiger partial charge in [-0.2, -0.15) is 5.10 Å². The van der Waals surface area contributed by atoms with Crippen LogP contribution in [0.1, 0.15) is 26.9 Å². The molecule has 0 bridgehead atoms. The summed E-state index contributed by atoms with van der Waals surface area (Å²) >= 11 is 1.79. The van der Waals surface area contributed by atoms with E-state index in [9.17, 15) is 4.79 Å². The van der Waals surface area contributed by atoms with Crippen LogP contribution in [0.4, 0.5) is 0 Å². The fraction of sp³-hybridized carbons (Fsp3) is 0.278. The van der Waals surface area contributed by atoms with Gasteiger partial charge in [0.1, 0.15) is 11.7 Å². The van der Waals surface area contributed by atoms with Crippen LogP contribution in [0.3, 0.4) is 0 Å². The van der Waals surface area contributed by atoms with Gasteiger partial charge in [0.2, 0.25) is 0 Å². The number of ether oxygens (including phenoxy) is 1. The first kappa shape index (κ1) is 16.1. The SMILES string of the molecule is COCc1ccc(C2SCCN2C(=O)c2ccc3ncnn3c2)cc1. The second-order valence-electron chi connectivity index (χ2n) is 5.88. The summed E-state index contributed by atoms with van der Waals surface area (Å²) in [6, 6.07) is 11.9. The Morgan fingerprint density at radius 2 is 2.12 bits per heavy atom. The number of methoxy groups -OCH3 is 1. The van der Waals surface area contributed by atoms with Crippen molar-refractivity contribution >= 4 is 23.3 Å². The second kappa shape index (κ2) is 6.85. The predicted octanol–water partition coefficient (Wildman–Crippen LogP) is 2.76. The van der Waals surface area contributed by atoms with Crippen molar-refractivity contribution in [2.24, 2.45) is 0 Å². The molecular formula is C18H18N4O2S. The van der Waals surface area contributed by atoms with Crippen molar-refractivity contribution in [3.05, 3.63) is 65.6 Å². The highest BCUT2D eigenvalue weighted by Crippen LogP contribution is 2.38. The van der Waals surface area contributed by atoms with Gasteiger partial charge in [-0.3, -0.25) is 4.79 Å². The third kappa shape index (κ3) is 3.12. The monoisotopic (exact) mass is 354 g/mol. The lowest BCUT2D eigenvalue weighted by atomic mass is 10.1. The van der Waals surface area contributed by atoms with Crippen LogP contribution < -0.4 is 0 Å². The van der Waals surface area contributed by atoms with E-state index in [1.165, 1.54) is 6.33 Å². The maximum Gasteiger partial charge on any atom is 0.256 e. The van der Waals surface area contributed by atoms with Crippen LogP contribution in [0.5, 0.6) is 0 Å². The summed E-state index contributed by atoms with van der Waals surface area (Å²) in [5.41, 5.74) is 3.63. The summed E-state index contributed by atoms with van der Waals surface area (Å²) in [5.74, 6) is 0.954. The number of hydrogen-bond acceptors (Lipinski definition) is 5. The first-order chi connectivity index (χ1) is 12.3. The molecule has 1 amide bonds. The van der Waals surface area contributed by atoms with Crippen molar-refractivity contribution in [3.63, 3.8) is 0 Å². The van der Waals surface area contributed by atoms with Crippen molar-refractivity contribution in [1.82, 2.24) is 19.5 Å². The summed E-state index contributed by atoms with van der Waals surface area (Å²) in [7, 11) is 1.69. The van der Waals surface area contributed by atoms with Crippen molar-refractivity contribution in [3.8, 4) is 0 Å². The highest BCUT2D eigenvalue weighted by molar-refractivity contribution is 7.99.